The van der Waals surface area contributed by atoms with Gasteiger partial charge < -0.3 is 10.2 Å². The Kier molecular flexibility index (Phi) is 3.80. The van der Waals surface area contributed by atoms with Crippen LogP contribution in [0, 0.1) is 0 Å². The third kappa shape index (κ3) is 2.78. The van der Waals surface area contributed by atoms with Gasteiger partial charge in [-0.25, -0.2) is 19.3 Å². The van der Waals surface area contributed by atoms with Crippen molar-refractivity contribution in [3.8, 4) is 0 Å². The van der Waals surface area contributed by atoms with Crippen LogP contribution < -0.4 is 15.9 Å². The summed E-state index contributed by atoms with van der Waals surface area (Å²) < 4.78 is 1.30. The number of nitrogens with one attached hydrogen (secondary N) is 2. The molecule has 0 unspecified atom stereocenters. The van der Waals surface area contributed by atoms with E-state index in [-0.39, 0.29) is 11.6 Å². The Morgan fingerprint density at radius 1 is 1.35 bits per heavy atom. The van der Waals surface area contributed by atoms with Crippen molar-refractivity contribution in [2.45, 2.75) is 6.54 Å². The zero-order chi connectivity index (χ0) is 16.4. The maximum absolute atomic E-state index is 12.4. The molecule has 0 bridgehead atoms. The maximum Gasteiger partial charge on any atom is 0.347 e. The van der Waals surface area contributed by atoms with Crippen molar-refractivity contribution >= 4 is 17.4 Å². The highest BCUT2D eigenvalue weighted by molar-refractivity contribution is 5.99. The maximum atomic E-state index is 12.4. The van der Waals surface area contributed by atoms with Crippen LogP contribution in [0.1, 0.15) is 15.9 Å². The number of hydrogen-bond donors (Lipinski definition) is 2. The molecule has 0 saturated carbocycles. The fourth-order valence-electron chi connectivity index (χ4n) is 2.35. The molecule has 0 aliphatic carbocycles. The SMILES string of the molecule is CN(C)c1ncccc1CNC(=O)c1cccn2c(=O)[nH]nc12. The average Bonchev–Trinajstić information content (AvgIpc) is 2.94. The zero-order valence-corrected chi connectivity index (χ0v) is 12.8. The Balaban J connectivity index is 1.84. The Hall–Kier alpha value is -3.16. The predicted octanol–water partition coefficient (Wildman–Crippen LogP) is 0.414. The van der Waals surface area contributed by atoms with Crippen molar-refractivity contribution in [3.63, 3.8) is 0 Å². The van der Waals surface area contributed by atoms with Gasteiger partial charge in [-0.3, -0.25) is 4.79 Å². The zero-order valence-electron chi connectivity index (χ0n) is 12.8. The van der Waals surface area contributed by atoms with Gasteiger partial charge in [-0.1, -0.05) is 6.07 Å². The first-order valence-corrected chi connectivity index (χ1v) is 7.03. The number of pyridine rings is 2. The Bertz CT molecular complexity index is 911. The summed E-state index contributed by atoms with van der Waals surface area (Å²) in [7, 11) is 3.79. The van der Waals surface area contributed by atoms with Gasteiger partial charge in [0, 0.05) is 38.6 Å². The molecule has 1 amide bonds. The molecule has 0 aliphatic rings. The van der Waals surface area contributed by atoms with Crippen LogP contribution in [0.15, 0.2) is 41.5 Å². The van der Waals surface area contributed by atoms with E-state index in [0.717, 1.165) is 11.4 Å². The van der Waals surface area contributed by atoms with E-state index in [2.05, 4.69) is 20.5 Å². The second-order valence-corrected chi connectivity index (χ2v) is 5.21. The summed E-state index contributed by atoms with van der Waals surface area (Å²) in [5.74, 6) is 0.491. The largest absolute Gasteiger partial charge is 0.362 e. The van der Waals surface area contributed by atoms with E-state index in [0.29, 0.717) is 17.8 Å². The summed E-state index contributed by atoms with van der Waals surface area (Å²) in [6.07, 6.45) is 3.26. The third-order valence-corrected chi connectivity index (χ3v) is 3.42. The predicted molar refractivity (Wildman–Crippen MR) is 85.5 cm³/mol. The highest BCUT2D eigenvalue weighted by Gasteiger charge is 2.14. The second kappa shape index (κ2) is 5.91. The highest BCUT2D eigenvalue weighted by atomic mass is 16.2. The van der Waals surface area contributed by atoms with Crippen LogP contribution in [0.3, 0.4) is 0 Å². The fourth-order valence-corrected chi connectivity index (χ4v) is 2.35. The van der Waals surface area contributed by atoms with Crippen molar-refractivity contribution < 1.29 is 4.79 Å². The molecule has 0 aliphatic heterocycles. The Morgan fingerprint density at radius 3 is 2.96 bits per heavy atom. The molecule has 118 valence electrons. The summed E-state index contributed by atoms with van der Waals surface area (Å²) in [5.41, 5.74) is 1.16. The number of nitrogens with zero attached hydrogens (tertiary/aromatic N) is 4. The van der Waals surface area contributed by atoms with Crippen molar-refractivity contribution in [1.29, 1.82) is 0 Å². The molecule has 3 rings (SSSR count). The van der Waals surface area contributed by atoms with Crippen LogP contribution in [-0.2, 0) is 6.54 Å². The molecule has 3 aromatic rings. The first-order valence-electron chi connectivity index (χ1n) is 7.03. The van der Waals surface area contributed by atoms with Gasteiger partial charge in [-0.05, 0) is 18.2 Å². The van der Waals surface area contributed by atoms with Gasteiger partial charge >= 0.3 is 5.69 Å². The Morgan fingerprint density at radius 2 is 2.17 bits per heavy atom. The lowest BCUT2D eigenvalue weighted by Crippen LogP contribution is -2.25. The minimum absolute atomic E-state index is 0.300. The molecular formula is C15H16N6O2. The fraction of sp³-hybridized carbons (Fsp3) is 0.200. The number of aromatic amines is 1. The molecule has 3 heterocycles. The first kappa shape index (κ1) is 14.8. The summed E-state index contributed by atoms with van der Waals surface area (Å²) in [6.45, 7) is 0.329. The monoisotopic (exact) mass is 312 g/mol. The van der Waals surface area contributed by atoms with Gasteiger partial charge in [0.25, 0.3) is 5.91 Å². The number of anilines is 1. The van der Waals surface area contributed by atoms with Crippen LogP contribution in [0.4, 0.5) is 5.82 Å². The number of fused-ring (bicyclic) bond motifs is 1. The van der Waals surface area contributed by atoms with Gasteiger partial charge in [0.05, 0.1) is 5.56 Å². The standard InChI is InChI=1S/C15H16N6O2/c1-20(2)12-10(5-3-7-16-12)9-17-14(22)11-6-4-8-21-13(11)18-19-15(21)23/h3-8H,9H2,1-2H3,(H,17,22)(H,19,23). The highest BCUT2D eigenvalue weighted by Crippen LogP contribution is 2.14. The number of H-pyrrole nitrogens is 1. The van der Waals surface area contributed by atoms with Gasteiger partial charge in [0.15, 0.2) is 5.65 Å². The van der Waals surface area contributed by atoms with Gasteiger partial charge in [-0.2, -0.15) is 5.10 Å². The number of carbonyl (C=O) groups excluding carboxylic acids is 1. The van der Waals surface area contributed by atoms with Crippen molar-refractivity contribution in [2.75, 3.05) is 19.0 Å². The lowest BCUT2D eigenvalue weighted by atomic mass is 10.2. The first-order chi connectivity index (χ1) is 11.1. The number of hydrogen-bond acceptors (Lipinski definition) is 5. The molecule has 0 atom stereocenters. The van der Waals surface area contributed by atoms with E-state index in [1.807, 2.05) is 31.1 Å². The summed E-state index contributed by atoms with van der Waals surface area (Å²) >= 11 is 0. The quantitative estimate of drug-likeness (QED) is 0.728. The average molecular weight is 312 g/mol. The van der Waals surface area contributed by atoms with E-state index in [1.165, 1.54) is 4.40 Å². The molecule has 0 radical (unpaired) electrons. The van der Waals surface area contributed by atoms with E-state index in [1.54, 1.807) is 24.5 Å². The Labute approximate surface area is 131 Å². The van der Waals surface area contributed by atoms with Gasteiger partial charge in [-0.15, -0.1) is 0 Å². The number of amides is 1. The smallest absolute Gasteiger partial charge is 0.347 e. The molecule has 0 aromatic carbocycles. The van der Waals surface area contributed by atoms with Crippen molar-refractivity contribution in [2.24, 2.45) is 0 Å². The molecule has 8 heteroatoms. The lowest BCUT2D eigenvalue weighted by molar-refractivity contribution is 0.0952. The second-order valence-electron chi connectivity index (χ2n) is 5.21. The van der Waals surface area contributed by atoms with E-state index in [9.17, 15) is 9.59 Å². The minimum Gasteiger partial charge on any atom is -0.362 e. The van der Waals surface area contributed by atoms with Crippen molar-refractivity contribution in [1.82, 2.24) is 24.9 Å². The van der Waals surface area contributed by atoms with Gasteiger partial charge in [0.1, 0.15) is 5.82 Å². The summed E-state index contributed by atoms with van der Waals surface area (Å²) in [4.78, 5) is 30.1. The van der Waals surface area contributed by atoms with Crippen LogP contribution in [-0.4, -0.2) is 39.6 Å². The summed E-state index contributed by atoms with van der Waals surface area (Å²) in [5, 5.41) is 9.05. The topological polar surface area (TPSA) is 95.4 Å². The van der Waals surface area contributed by atoms with Gasteiger partial charge in [0.2, 0.25) is 0 Å². The number of carbonyl (C=O) groups is 1. The van der Waals surface area contributed by atoms with Crippen molar-refractivity contribution in [3.05, 3.63) is 58.3 Å². The van der Waals surface area contributed by atoms with Crippen LogP contribution >= 0.6 is 0 Å². The van der Waals surface area contributed by atoms with Crippen LogP contribution in [0.2, 0.25) is 0 Å². The molecule has 0 saturated heterocycles. The molecule has 8 nitrogen and oxygen atoms in total. The van der Waals surface area contributed by atoms with E-state index >= 15 is 0 Å². The molecule has 3 aromatic heterocycles. The van der Waals surface area contributed by atoms with Crippen LogP contribution in [0.25, 0.3) is 5.65 Å². The molecule has 2 N–H and O–H groups in total. The molecule has 0 spiro atoms. The minimum atomic E-state index is -0.378. The van der Waals surface area contributed by atoms with E-state index < -0.39 is 0 Å². The molecular weight excluding hydrogens is 296 g/mol. The third-order valence-electron chi connectivity index (χ3n) is 3.42. The lowest BCUT2D eigenvalue weighted by Gasteiger charge is -2.16. The molecule has 23 heavy (non-hydrogen) atoms. The molecule has 0 fully saturated rings. The number of rotatable bonds is 4. The van der Waals surface area contributed by atoms with E-state index in [4.69, 9.17) is 0 Å². The summed E-state index contributed by atoms with van der Waals surface area (Å²) in [6, 6.07) is 6.99. The normalized spacial score (nSPS) is 10.7. The number of aromatic nitrogens is 4. The van der Waals surface area contributed by atoms with Crippen LogP contribution in [0.5, 0.6) is 0 Å².